The predicted molar refractivity (Wildman–Crippen MR) is 123 cm³/mol. The largest absolute Gasteiger partial charge is 0.497 e. The van der Waals surface area contributed by atoms with Crippen molar-refractivity contribution in [3.8, 4) is 5.75 Å². The Morgan fingerprint density at radius 3 is 2.50 bits per heavy atom. The first kappa shape index (κ1) is 23.0. The maximum Gasteiger partial charge on any atom is 0.193 e. The molecule has 8 heteroatoms. The minimum absolute atomic E-state index is 0. The van der Waals surface area contributed by atoms with Gasteiger partial charge in [-0.2, -0.15) is 0 Å². The number of anilines is 1. The lowest BCUT2D eigenvalue weighted by atomic mass is 9.94. The molecular weight excluding hydrogens is 471 g/mol. The number of aliphatic imine (C=N–C) groups is 1. The first-order chi connectivity index (χ1) is 13.2. The smallest absolute Gasteiger partial charge is 0.193 e. The number of nitrogens with one attached hydrogen (secondary N) is 1. The van der Waals surface area contributed by atoms with Crippen molar-refractivity contribution in [3.63, 3.8) is 0 Å². The van der Waals surface area contributed by atoms with Crippen LogP contribution in [-0.2, 0) is 9.47 Å². The Kier molecular flexibility index (Phi) is 9.10. The fraction of sp³-hybridized carbons (Fsp3) is 0.650. The molecule has 0 radical (unpaired) electrons. The van der Waals surface area contributed by atoms with E-state index in [4.69, 9.17) is 14.2 Å². The molecule has 0 saturated carbocycles. The molecule has 158 valence electrons. The van der Waals surface area contributed by atoms with Crippen LogP contribution < -0.4 is 15.0 Å². The summed E-state index contributed by atoms with van der Waals surface area (Å²) in [7, 11) is 5.35. The molecule has 3 rings (SSSR count). The van der Waals surface area contributed by atoms with Crippen molar-refractivity contribution in [3.05, 3.63) is 24.3 Å². The lowest BCUT2D eigenvalue weighted by molar-refractivity contribution is -0.0857. The molecule has 7 nitrogen and oxygen atoms in total. The maximum atomic E-state index is 5.82. The molecule has 1 N–H and O–H groups in total. The molecule has 2 heterocycles. The SMILES string of the molecule is CN=C(NCC1(OC)CCOCC1)N1CCN(c2cccc(OC)c2)CC1.I. The second-order valence-corrected chi connectivity index (χ2v) is 7.08. The Labute approximate surface area is 185 Å². The van der Waals surface area contributed by atoms with Crippen molar-refractivity contribution in [1.82, 2.24) is 10.2 Å². The Hall–Kier alpha value is -1.26. The summed E-state index contributed by atoms with van der Waals surface area (Å²) in [6.07, 6.45) is 1.83. The summed E-state index contributed by atoms with van der Waals surface area (Å²) in [5, 5.41) is 3.53. The molecule has 0 spiro atoms. The van der Waals surface area contributed by atoms with Gasteiger partial charge in [0, 0.05) is 84.7 Å². The number of nitrogens with zero attached hydrogens (tertiary/aromatic N) is 3. The van der Waals surface area contributed by atoms with E-state index < -0.39 is 0 Å². The van der Waals surface area contributed by atoms with Gasteiger partial charge in [0.1, 0.15) is 5.75 Å². The number of piperazine rings is 1. The first-order valence-electron chi connectivity index (χ1n) is 9.67. The molecule has 0 atom stereocenters. The van der Waals surface area contributed by atoms with Crippen LogP contribution in [0.4, 0.5) is 5.69 Å². The molecule has 0 aliphatic carbocycles. The van der Waals surface area contributed by atoms with Crippen LogP contribution in [0.25, 0.3) is 0 Å². The van der Waals surface area contributed by atoms with E-state index in [1.807, 2.05) is 19.2 Å². The average molecular weight is 504 g/mol. The van der Waals surface area contributed by atoms with E-state index in [0.29, 0.717) is 0 Å². The van der Waals surface area contributed by atoms with Crippen LogP contribution in [0.3, 0.4) is 0 Å². The number of benzene rings is 1. The van der Waals surface area contributed by atoms with Crippen LogP contribution in [0.2, 0.25) is 0 Å². The summed E-state index contributed by atoms with van der Waals surface area (Å²) in [6.45, 7) is 6.05. The topological polar surface area (TPSA) is 58.6 Å². The van der Waals surface area contributed by atoms with Gasteiger partial charge in [0.25, 0.3) is 0 Å². The fourth-order valence-corrected chi connectivity index (χ4v) is 3.75. The molecule has 1 aromatic carbocycles. The highest BCUT2D eigenvalue weighted by atomic mass is 127. The van der Waals surface area contributed by atoms with Crippen molar-refractivity contribution in [1.29, 1.82) is 0 Å². The van der Waals surface area contributed by atoms with Gasteiger partial charge in [0.05, 0.1) is 12.7 Å². The van der Waals surface area contributed by atoms with Crippen LogP contribution in [0.5, 0.6) is 5.75 Å². The molecule has 0 amide bonds. The van der Waals surface area contributed by atoms with Crippen LogP contribution in [-0.4, -0.2) is 83.7 Å². The van der Waals surface area contributed by atoms with E-state index in [9.17, 15) is 0 Å². The Morgan fingerprint density at radius 1 is 1.18 bits per heavy atom. The molecule has 2 saturated heterocycles. The van der Waals surface area contributed by atoms with Gasteiger partial charge >= 0.3 is 0 Å². The summed E-state index contributed by atoms with van der Waals surface area (Å²) in [6, 6.07) is 8.25. The number of hydrogen-bond acceptors (Lipinski definition) is 5. The van der Waals surface area contributed by atoms with Gasteiger partial charge < -0.3 is 29.3 Å². The first-order valence-corrected chi connectivity index (χ1v) is 9.67. The van der Waals surface area contributed by atoms with Crippen molar-refractivity contribution in [2.75, 3.05) is 72.1 Å². The number of halogens is 1. The second-order valence-electron chi connectivity index (χ2n) is 7.08. The van der Waals surface area contributed by atoms with E-state index >= 15 is 0 Å². The van der Waals surface area contributed by atoms with Gasteiger partial charge in [-0.05, 0) is 12.1 Å². The minimum Gasteiger partial charge on any atom is -0.497 e. The average Bonchev–Trinajstić information content (AvgIpc) is 2.75. The molecule has 28 heavy (non-hydrogen) atoms. The molecular formula is C20H33IN4O3. The van der Waals surface area contributed by atoms with Crippen LogP contribution in [0, 0.1) is 0 Å². The molecule has 1 aromatic rings. The van der Waals surface area contributed by atoms with E-state index in [1.54, 1.807) is 14.2 Å². The zero-order valence-electron chi connectivity index (χ0n) is 17.1. The number of methoxy groups -OCH3 is 2. The minimum atomic E-state index is -0.156. The van der Waals surface area contributed by atoms with Crippen molar-refractivity contribution in [2.24, 2.45) is 4.99 Å². The van der Waals surface area contributed by atoms with Gasteiger partial charge in [-0.1, -0.05) is 6.07 Å². The number of hydrogen-bond donors (Lipinski definition) is 1. The normalized spacial score (nSPS) is 19.8. The number of ether oxygens (including phenoxy) is 3. The lowest BCUT2D eigenvalue weighted by Crippen LogP contribution is -2.56. The van der Waals surface area contributed by atoms with Gasteiger partial charge in [-0.25, -0.2) is 0 Å². The summed E-state index contributed by atoms with van der Waals surface area (Å²) in [5.41, 5.74) is 1.05. The van der Waals surface area contributed by atoms with Gasteiger partial charge in [-0.3, -0.25) is 4.99 Å². The molecule has 0 aromatic heterocycles. The molecule has 2 fully saturated rings. The summed E-state index contributed by atoms with van der Waals surface area (Å²) >= 11 is 0. The van der Waals surface area contributed by atoms with Crippen molar-refractivity contribution >= 4 is 35.6 Å². The zero-order chi connectivity index (χ0) is 19.1. The summed E-state index contributed by atoms with van der Waals surface area (Å²) < 4.78 is 16.7. The highest BCUT2D eigenvalue weighted by molar-refractivity contribution is 14.0. The Balaban J connectivity index is 0.00000280. The lowest BCUT2D eigenvalue weighted by Gasteiger charge is -2.40. The van der Waals surface area contributed by atoms with Crippen molar-refractivity contribution < 1.29 is 14.2 Å². The van der Waals surface area contributed by atoms with Gasteiger partial charge in [0.15, 0.2) is 5.96 Å². The van der Waals surface area contributed by atoms with E-state index in [-0.39, 0.29) is 29.6 Å². The standard InChI is InChI=1S/C20H32N4O3.HI/c1-21-19(22-16-20(26-3)7-13-27-14-8-20)24-11-9-23(10-12-24)17-5-4-6-18(15-17)25-2;/h4-6,15H,7-14,16H2,1-3H3,(H,21,22);1H. The molecule has 0 unspecified atom stereocenters. The van der Waals surface area contributed by atoms with Crippen LogP contribution in [0.15, 0.2) is 29.3 Å². The quantitative estimate of drug-likeness (QED) is 0.377. The number of guanidine groups is 1. The molecule has 2 aliphatic rings. The number of rotatable bonds is 5. The van der Waals surface area contributed by atoms with Crippen LogP contribution in [0.1, 0.15) is 12.8 Å². The van der Waals surface area contributed by atoms with Gasteiger partial charge in [0.2, 0.25) is 0 Å². The Morgan fingerprint density at radius 2 is 1.89 bits per heavy atom. The van der Waals surface area contributed by atoms with Crippen LogP contribution >= 0.6 is 24.0 Å². The summed E-state index contributed by atoms with van der Waals surface area (Å²) in [4.78, 5) is 9.20. The monoisotopic (exact) mass is 504 g/mol. The van der Waals surface area contributed by atoms with E-state index in [0.717, 1.165) is 70.5 Å². The zero-order valence-corrected chi connectivity index (χ0v) is 19.5. The molecule has 0 bridgehead atoms. The highest BCUT2D eigenvalue weighted by Gasteiger charge is 2.33. The highest BCUT2D eigenvalue weighted by Crippen LogP contribution is 2.24. The predicted octanol–water partition coefficient (Wildman–Crippen LogP) is 2.21. The summed E-state index contributed by atoms with van der Waals surface area (Å²) in [5.74, 6) is 1.84. The molecule has 2 aliphatic heterocycles. The third-order valence-corrected chi connectivity index (χ3v) is 5.62. The van der Waals surface area contributed by atoms with E-state index in [1.165, 1.54) is 5.69 Å². The third kappa shape index (κ3) is 5.64. The maximum absolute atomic E-state index is 5.82. The van der Waals surface area contributed by atoms with Gasteiger partial charge in [-0.15, -0.1) is 24.0 Å². The second kappa shape index (κ2) is 11.1. The van der Waals surface area contributed by atoms with E-state index in [2.05, 4.69) is 32.2 Å². The third-order valence-electron chi connectivity index (χ3n) is 5.62. The fourth-order valence-electron chi connectivity index (χ4n) is 3.75. The Bertz CT molecular complexity index is 630. The van der Waals surface area contributed by atoms with Crippen molar-refractivity contribution in [2.45, 2.75) is 18.4 Å².